The van der Waals surface area contributed by atoms with Crippen molar-refractivity contribution in [3.8, 4) is 0 Å². The lowest BCUT2D eigenvalue weighted by Gasteiger charge is -2.07. The molecule has 3 nitrogen and oxygen atoms in total. The van der Waals surface area contributed by atoms with Gasteiger partial charge in [-0.25, -0.2) is 0 Å². The van der Waals surface area contributed by atoms with Gasteiger partial charge in [0.15, 0.2) is 0 Å². The van der Waals surface area contributed by atoms with E-state index in [1.54, 1.807) is 0 Å². The van der Waals surface area contributed by atoms with E-state index in [0.29, 0.717) is 12.3 Å². The number of unbranched alkanes of at least 4 members (excludes halogenated alkanes) is 3. The summed E-state index contributed by atoms with van der Waals surface area (Å²) in [7, 11) is 0. The van der Waals surface area contributed by atoms with E-state index in [4.69, 9.17) is 10.1 Å². The predicted octanol–water partition coefficient (Wildman–Crippen LogP) is 4.52. The third-order valence-corrected chi connectivity index (χ3v) is 3.42. The number of carbonyl (C=O) groups excluding carboxylic acids is 1. The van der Waals surface area contributed by atoms with Crippen LogP contribution in [0.4, 0.5) is 0 Å². The summed E-state index contributed by atoms with van der Waals surface area (Å²) in [5.74, 6) is -0.297. The first-order valence-corrected chi connectivity index (χ1v) is 7.99. The molecule has 0 amide bonds. The quantitative estimate of drug-likeness (QED) is 0.391. The Morgan fingerprint density at radius 2 is 1.76 bits per heavy atom. The van der Waals surface area contributed by atoms with Crippen molar-refractivity contribution in [3.05, 3.63) is 35.4 Å². The maximum absolute atomic E-state index is 11.7. The van der Waals surface area contributed by atoms with Crippen molar-refractivity contribution in [3.63, 3.8) is 0 Å². The number of nitrogens with one attached hydrogen (secondary N) is 1. The van der Waals surface area contributed by atoms with Crippen LogP contribution < -0.4 is 0 Å². The number of esters is 1. The van der Waals surface area contributed by atoms with Gasteiger partial charge in [-0.2, -0.15) is 0 Å². The first-order chi connectivity index (χ1) is 10.2. The first kappa shape index (κ1) is 17.4. The first-order valence-electron chi connectivity index (χ1n) is 7.99. The summed E-state index contributed by atoms with van der Waals surface area (Å²) in [6.45, 7) is 4.77. The smallest absolute Gasteiger partial charge is 0.311 e. The summed E-state index contributed by atoms with van der Waals surface area (Å²) in [5, 5.41) is 7.98. The molecular weight excluding hydrogens is 262 g/mol. The Bertz CT molecular complexity index is 437. The molecule has 0 unspecified atom stereocenters. The highest BCUT2D eigenvalue weighted by Gasteiger charge is 2.09. The molecule has 0 heterocycles. The Morgan fingerprint density at radius 3 is 2.38 bits per heavy atom. The molecule has 21 heavy (non-hydrogen) atoms. The monoisotopic (exact) mass is 289 g/mol. The van der Waals surface area contributed by atoms with Crippen molar-refractivity contribution in [1.29, 1.82) is 5.41 Å². The van der Waals surface area contributed by atoms with Crippen LogP contribution in [0.2, 0.25) is 0 Å². The molecule has 0 aromatic heterocycles. The summed E-state index contributed by atoms with van der Waals surface area (Å²) in [5.41, 5.74) is 2.40. The van der Waals surface area contributed by atoms with E-state index in [-0.39, 0.29) is 12.4 Å². The minimum absolute atomic E-state index is 0.0565. The van der Waals surface area contributed by atoms with E-state index in [1.165, 1.54) is 18.4 Å². The van der Waals surface area contributed by atoms with Crippen LogP contribution >= 0.6 is 0 Å². The molecule has 116 valence electrons. The SMILES string of the molecule is CCCCCCOC(=O)CC(=N)c1ccc(CCC)cc1. The van der Waals surface area contributed by atoms with Crippen molar-refractivity contribution in [2.24, 2.45) is 0 Å². The van der Waals surface area contributed by atoms with Crippen molar-refractivity contribution in [2.45, 2.75) is 58.8 Å². The Balaban J connectivity index is 2.33. The number of hydrogen-bond acceptors (Lipinski definition) is 3. The van der Waals surface area contributed by atoms with Crippen molar-refractivity contribution in [2.75, 3.05) is 6.61 Å². The van der Waals surface area contributed by atoms with E-state index in [9.17, 15) is 4.79 Å². The van der Waals surface area contributed by atoms with Gasteiger partial charge in [-0.1, -0.05) is 63.8 Å². The molecule has 1 aromatic rings. The highest BCUT2D eigenvalue weighted by molar-refractivity contribution is 6.07. The minimum Gasteiger partial charge on any atom is -0.465 e. The normalized spacial score (nSPS) is 10.4. The summed E-state index contributed by atoms with van der Waals surface area (Å²) in [6, 6.07) is 7.90. The fourth-order valence-electron chi connectivity index (χ4n) is 2.17. The summed E-state index contributed by atoms with van der Waals surface area (Å²) >= 11 is 0. The molecule has 0 saturated carbocycles. The Kier molecular flexibility index (Phi) is 8.41. The molecule has 0 radical (unpaired) electrons. The fraction of sp³-hybridized carbons (Fsp3) is 0.556. The zero-order chi connectivity index (χ0) is 15.5. The lowest BCUT2D eigenvalue weighted by molar-refractivity contribution is -0.142. The largest absolute Gasteiger partial charge is 0.465 e. The highest BCUT2D eigenvalue weighted by Crippen LogP contribution is 2.09. The fourth-order valence-corrected chi connectivity index (χ4v) is 2.17. The third kappa shape index (κ3) is 7.07. The van der Waals surface area contributed by atoms with Gasteiger partial charge in [0.2, 0.25) is 0 Å². The van der Waals surface area contributed by atoms with Crippen molar-refractivity contribution >= 4 is 11.7 Å². The molecular formula is C18H27NO2. The molecule has 0 aliphatic carbocycles. The molecule has 1 aromatic carbocycles. The molecule has 0 atom stereocenters. The highest BCUT2D eigenvalue weighted by atomic mass is 16.5. The van der Waals surface area contributed by atoms with Crippen molar-refractivity contribution < 1.29 is 9.53 Å². The Morgan fingerprint density at radius 1 is 1.05 bits per heavy atom. The maximum atomic E-state index is 11.7. The molecule has 0 fully saturated rings. The van der Waals surface area contributed by atoms with Gasteiger partial charge >= 0.3 is 5.97 Å². The van der Waals surface area contributed by atoms with Gasteiger partial charge in [0.1, 0.15) is 0 Å². The molecule has 1 N–H and O–H groups in total. The van der Waals surface area contributed by atoms with Crippen LogP contribution in [-0.4, -0.2) is 18.3 Å². The van der Waals surface area contributed by atoms with Gasteiger partial charge in [0, 0.05) is 5.71 Å². The molecule has 0 spiro atoms. The van der Waals surface area contributed by atoms with E-state index in [2.05, 4.69) is 13.8 Å². The standard InChI is InChI=1S/C18H27NO2/c1-3-5-6-7-13-21-18(20)14-17(19)16-11-9-15(8-4-2)10-12-16/h9-12,19H,3-8,13-14H2,1-2H3. The molecule has 0 bridgehead atoms. The van der Waals surface area contributed by atoms with Gasteiger partial charge < -0.3 is 10.1 Å². The lowest BCUT2D eigenvalue weighted by Crippen LogP contribution is -2.12. The number of rotatable bonds is 10. The van der Waals surface area contributed by atoms with Gasteiger partial charge in [0.05, 0.1) is 13.0 Å². The lowest BCUT2D eigenvalue weighted by atomic mass is 10.0. The number of carbonyl (C=O) groups is 1. The molecule has 3 heteroatoms. The van der Waals surface area contributed by atoms with Crippen LogP contribution in [-0.2, 0) is 16.0 Å². The number of ether oxygens (including phenoxy) is 1. The van der Waals surface area contributed by atoms with E-state index >= 15 is 0 Å². The second-order valence-corrected chi connectivity index (χ2v) is 5.38. The van der Waals surface area contributed by atoms with E-state index in [0.717, 1.165) is 31.2 Å². The molecule has 0 saturated heterocycles. The van der Waals surface area contributed by atoms with Gasteiger partial charge in [-0.3, -0.25) is 4.79 Å². The van der Waals surface area contributed by atoms with Crippen LogP contribution in [0.15, 0.2) is 24.3 Å². The van der Waals surface area contributed by atoms with E-state index in [1.807, 2.05) is 24.3 Å². The maximum Gasteiger partial charge on any atom is 0.311 e. The average molecular weight is 289 g/mol. The van der Waals surface area contributed by atoms with Crippen LogP contribution in [0.5, 0.6) is 0 Å². The predicted molar refractivity (Wildman–Crippen MR) is 87.0 cm³/mol. The van der Waals surface area contributed by atoms with Crippen molar-refractivity contribution in [1.82, 2.24) is 0 Å². The van der Waals surface area contributed by atoms with Crippen LogP contribution in [0.25, 0.3) is 0 Å². The second kappa shape index (κ2) is 10.1. The van der Waals surface area contributed by atoms with Crippen LogP contribution in [0.3, 0.4) is 0 Å². The Hall–Kier alpha value is -1.64. The number of hydrogen-bond donors (Lipinski definition) is 1. The Labute approximate surface area is 128 Å². The zero-order valence-electron chi connectivity index (χ0n) is 13.3. The van der Waals surface area contributed by atoms with Crippen LogP contribution in [0, 0.1) is 5.41 Å². The summed E-state index contributed by atoms with van der Waals surface area (Å²) < 4.78 is 5.16. The van der Waals surface area contributed by atoms with Gasteiger partial charge in [-0.05, 0) is 24.0 Å². The zero-order valence-corrected chi connectivity index (χ0v) is 13.3. The molecule has 0 aliphatic heterocycles. The van der Waals surface area contributed by atoms with Gasteiger partial charge in [-0.15, -0.1) is 0 Å². The molecule has 1 rings (SSSR count). The summed E-state index contributed by atoms with van der Waals surface area (Å²) in [6.07, 6.45) is 6.58. The van der Waals surface area contributed by atoms with Gasteiger partial charge in [0.25, 0.3) is 0 Å². The molecule has 0 aliphatic rings. The topological polar surface area (TPSA) is 50.2 Å². The number of benzene rings is 1. The number of aryl methyl sites for hydroxylation is 1. The average Bonchev–Trinajstić information content (AvgIpc) is 2.48. The second-order valence-electron chi connectivity index (χ2n) is 5.38. The summed E-state index contributed by atoms with van der Waals surface area (Å²) in [4.78, 5) is 11.7. The minimum atomic E-state index is -0.297. The van der Waals surface area contributed by atoms with Crippen LogP contribution in [0.1, 0.15) is 63.5 Å². The van der Waals surface area contributed by atoms with E-state index < -0.39 is 0 Å². The third-order valence-electron chi connectivity index (χ3n) is 3.42.